The van der Waals surface area contributed by atoms with E-state index in [0.717, 1.165) is 37.0 Å². The third-order valence-electron chi connectivity index (χ3n) is 9.44. The van der Waals surface area contributed by atoms with Crippen molar-refractivity contribution in [3.63, 3.8) is 0 Å². The van der Waals surface area contributed by atoms with Crippen molar-refractivity contribution in [2.45, 2.75) is 91.1 Å². The summed E-state index contributed by atoms with van der Waals surface area (Å²) in [4.78, 5) is 12.2. The smallest absolute Gasteiger partial charge is 0.133 e. The summed E-state index contributed by atoms with van der Waals surface area (Å²) >= 11 is 0. The van der Waals surface area contributed by atoms with Crippen molar-refractivity contribution >= 4 is 5.78 Å². The lowest BCUT2D eigenvalue weighted by molar-refractivity contribution is -0.150. The zero-order valence-electron chi connectivity index (χ0n) is 16.1. The molecule has 24 heavy (non-hydrogen) atoms. The maximum Gasteiger partial charge on any atom is 0.133 e. The van der Waals surface area contributed by atoms with E-state index in [0.29, 0.717) is 23.0 Å². The monoisotopic (exact) mass is 332 g/mol. The number of aliphatic hydroxyl groups is 1. The molecule has 0 amide bonds. The summed E-state index contributed by atoms with van der Waals surface area (Å²) < 4.78 is 0. The summed E-state index contributed by atoms with van der Waals surface area (Å²) in [5.41, 5.74) is 0.268. The number of rotatable bonds is 1. The molecule has 4 saturated carbocycles. The molecule has 0 heterocycles. The quantitative estimate of drug-likeness (QED) is 0.735. The predicted octanol–water partition coefficient (Wildman–Crippen LogP) is 4.99. The van der Waals surface area contributed by atoms with Gasteiger partial charge in [-0.15, -0.1) is 0 Å². The van der Waals surface area contributed by atoms with Gasteiger partial charge in [-0.1, -0.05) is 13.8 Å². The summed E-state index contributed by atoms with van der Waals surface area (Å²) in [6, 6.07) is 0. The molecule has 0 radical (unpaired) electrons. The average molecular weight is 333 g/mol. The minimum Gasteiger partial charge on any atom is -0.390 e. The van der Waals surface area contributed by atoms with Crippen LogP contribution >= 0.6 is 0 Å². The lowest BCUT2D eigenvalue weighted by Gasteiger charge is -2.61. The largest absolute Gasteiger partial charge is 0.390 e. The van der Waals surface area contributed by atoms with Crippen molar-refractivity contribution in [1.29, 1.82) is 0 Å². The Kier molecular flexibility index (Phi) is 3.78. The first kappa shape index (κ1) is 17.1. The molecule has 0 saturated heterocycles. The van der Waals surface area contributed by atoms with E-state index in [-0.39, 0.29) is 5.41 Å². The molecular formula is C22H36O2. The number of hydrogen-bond donors (Lipinski definition) is 1. The van der Waals surface area contributed by atoms with E-state index < -0.39 is 5.60 Å². The van der Waals surface area contributed by atoms with E-state index in [1.807, 2.05) is 13.8 Å². The Labute approximate surface area is 147 Å². The van der Waals surface area contributed by atoms with Gasteiger partial charge >= 0.3 is 0 Å². The topological polar surface area (TPSA) is 37.3 Å². The Morgan fingerprint density at radius 3 is 2.29 bits per heavy atom. The maximum absolute atomic E-state index is 12.2. The van der Waals surface area contributed by atoms with Crippen LogP contribution in [0.5, 0.6) is 0 Å². The highest BCUT2D eigenvalue weighted by Gasteiger charge is 2.61. The normalized spacial score (nSPS) is 57.0. The molecule has 4 aliphatic carbocycles. The molecule has 1 N–H and O–H groups in total. The maximum atomic E-state index is 12.2. The van der Waals surface area contributed by atoms with Crippen LogP contribution in [0.3, 0.4) is 0 Å². The van der Waals surface area contributed by atoms with E-state index >= 15 is 0 Å². The SMILES string of the molecule is CC(=O)[C@H]1CC[C@H]2[C@@H]3CCC4C[C@](C)(O)CC[C@]4(C)[C@H]3CC[C@]12C. The fourth-order valence-electron chi connectivity index (χ4n) is 8.10. The number of fused-ring (bicyclic) bond motifs is 5. The van der Waals surface area contributed by atoms with Crippen LogP contribution in [-0.2, 0) is 4.79 Å². The second-order valence-electron chi connectivity index (χ2n) is 10.6. The molecule has 136 valence electrons. The summed E-state index contributed by atoms with van der Waals surface area (Å²) in [7, 11) is 0. The predicted molar refractivity (Wildman–Crippen MR) is 96.5 cm³/mol. The molecule has 8 atom stereocenters. The number of carbonyl (C=O) groups is 1. The van der Waals surface area contributed by atoms with Gasteiger partial charge in [0, 0.05) is 5.92 Å². The fourth-order valence-corrected chi connectivity index (χ4v) is 8.10. The number of ketones is 1. The Balaban J connectivity index is 1.61. The summed E-state index contributed by atoms with van der Waals surface area (Å²) in [6.07, 6.45) is 10.8. The van der Waals surface area contributed by atoms with Crippen LogP contribution in [0.4, 0.5) is 0 Å². The summed E-state index contributed by atoms with van der Waals surface area (Å²) in [5.74, 6) is 3.89. The highest BCUT2D eigenvalue weighted by molar-refractivity contribution is 5.79. The van der Waals surface area contributed by atoms with Crippen LogP contribution < -0.4 is 0 Å². The molecule has 0 aromatic rings. The van der Waals surface area contributed by atoms with Gasteiger partial charge in [-0.25, -0.2) is 0 Å². The number of carbonyl (C=O) groups excluding carboxylic acids is 1. The van der Waals surface area contributed by atoms with E-state index in [4.69, 9.17) is 0 Å². The minimum atomic E-state index is -0.437. The lowest BCUT2D eigenvalue weighted by Crippen LogP contribution is -2.55. The standard InChI is InChI=1S/C22H36O2/c1-14(23)17-7-8-18-16-6-5-15-13-20(2,24)11-12-21(15,3)19(16)9-10-22(17,18)4/h15-19,24H,5-13H2,1-4H3/t15?,16-,17+,18-,19-,20+,21-,22+/m0/s1. The Morgan fingerprint density at radius 1 is 0.875 bits per heavy atom. The molecule has 4 rings (SSSR count). The Morgan fingerprint density at radius 2 is 1.58 bits per heavy atom. The number of Topliss-reactive ketones (excluding diaryl/α,β-unsaturated/α-hetero) is 1. The fraction of sp³-hybridized carbons (Fsp3) is 0.955. The molecule has 4 fully saturated rings. The van der Waals surface area contributed by atoms with Gasteiger partial charge < -0.3 is 5.11 Å². The second kappa shape index (κ2) is 5.32. The highest BCUT2D eigenvalue weighted by Crippen LogP contribution is 2.68. The van der Waals surface area contributed by atoms with Crippen LogP contribution in [0, 0.1) is 40.4 Å². The van der Waals surface area contributed by atoms with Crippen molar-refractivity contribution < 1.29 is 9.90 Å². The van der Waals surface area contributed by atoms with E-state index in [1.165, 1.54) is 38.5 Å². The average Bonchev–Trinajstić information content (AvgIpc) is 2.85. The molecule has 0 aromatic carbocycles. The Hall–Kier alpha value is -0.370. The molecule has 0 spiro atoms. The van der Waals surface area contributed by atoms with E-state index in [2.05, 4.69) is 13.8 Å². The van der Waals surface area contributed by atoms with Crippen LogP contribution in [0.25, 0.3) is 0 Å². The molecule has 0 bridgehead atoms. The second-order valence-corrected chi connectivity index (χ2v) is 10.6. The molecule has 1 unspecified atom stereocenters. The van der Waals surface area contributed by atoms with E-state index in [9.17, 15) is 9.90 Å². The zero-order chi connectivity index (χ0) is 17.3. The van der Waals surface area contributed by atoms with Gasteiger partial charge in [-0.2, -0.15) is 0 Å². The highest BCUT2D eigenvalue weighted by atomic mass is 16.3. The van der Waals surface area contributed by atoms with E-state index in [1.54, 1.807) is 0 Å². The van der Waals surface area contributed by atoms with Gasteiger partial charge in [0.2, 0.25) is 0 Å². The molecule has 2 heteroatoms. The van der Waals surface area contributed by atoms with Gasteiger partial charge in [0.15, 0.2) is 0 Å². The molecule has 0 aliphatic heterocycles. The summed E-state index contributed by atoms with van der Waals surface area (Å²) in [6.45, 7) is 8.85. The first-order valence-corrected chi connectivity index (χ1v) is 10.4. The third-order valence-corrected chi connectivity index (χ3v) is 9.44. The first-order chi connectivity index (χ1) is 11.2. The van der Waals surface area contributed by atoms with Crippen LogP contribution in [0.15, 0.2) is 0 Å². The third kappa shape index (κ3) is 2.27. The van der Waals surface area contributed by atoms with Crippen LogP contribution in [-0.4, -0.2) is 16.5 Å². The van der Waals surface area contributed by atoms with Gasteiger partial charge in [0.25, 0.3) is 0 Å². The minimum absolute atomic E-state index is 0.274. The molecule has 4 aliphatic rings. The van der Waals surface area contributed by atoms with Gasteiger partial charge in [0.05, 0.1) is 5.60 Å². The van der Waals surface area contributed by atoms with Crippen molar-refractivity contribution in [3.05, 3.63) is 0 Å². The van der Waals surface area contributed by atoms with Crippen molar-refractivity contribution in [3.8, 4) is 0 Å². The van der Waals surface area contributed by atoms with Gasteiger partial charge in [0.1, 0.15) is 5.78 Å². The summed E-state index contributed by atoms with van der Waals surface area (Å²) in [5, 5.41) is 10.6. The first-order valence-electron chi connectivity index (χ1n) is 10.4. The van der Waals surface area contributed by atoms with Crippen molar-refractivity contribution in [2.75, 3.05) is 0 Å². The Bertz CT molecular complexity index is 538. The van der Waals surface area contributed by atoms with Crippen molar-refractivity contribution in [2.24, 2.45) is 40.4 Å². The van der Waals surface area contributed by atoms with Crippen LogP contribution in [0.1, 0.15) is 85.5 Å². The molecule has 0 aromatic heterocycles. The van der Waals surface area contributed by atoms with Gasteiger partial charge in [-0.05, 0) is 106 Å². The number of hydrogen-bond acceptors (Lipinski definition) is 2. The van der Waals surface area contributed by atoms with Crippen LogP contribution in [0.2, 0.25) is 0 Å². The van der Waals surface area contributed by atoms with Gasteiger partial charge in [-0.3, -0.25) is 4.79 Å². The zero-order valence-corrected chi connectivity index (χ0v) is 16.1. The van der Waals surface area contributed by atoms with Crippen molar-refractivity contribution in [1.82, 2.24) is 0 Å². The molecular weight excluding hydrogens is 296 g/mol. The molecule has 2 nitrogen and oxygen atoms in total. The lowest BCUT2D eigenvalue weighted by atomic mass is 9.44.